The third-order valence-corrected chi connectivity index (χ3v) is 2.60. The van der Waals surface area contributed by atoms with E-state index in [1.165, 1.54) is 12.8 Å². The Bertz CT molecular complexity index is 131. The van der Waals surface area contributed by atoms with Crippen molar-refractivity contribution in [2.75, 3.05) is 40.4 Å². The van der Waals surface area contributed by atoms with Gasteiger partial charge in [-0.2, -0.15) is 0 Å². The monoisotopic (exact) mass is 216 g/mol. The van der Waals surface area contributed by atoms with Crippen molar-refractivity contribution in [2.24, 2.45) is 0 Å². The maximum absolute atomic E-state index is 5.02. The molecule has 92 valence electrons. The van der Waals surface area contributed by atoms with Gasteiger partial charge in [0.2, 0.25) is 0 Å². The predicted molar refractivity (Wildman–Crippen MR) is 66.4 cm³/mol. The van der Waals surface area contributed by atoms with Crippen LogP contribution < -0.4 is 5.32 Å². The summed E-state index contributed by atoms with van der Waals surface area (Å²) in [6, 6.07) is 0.655. The van der Waals surface area contributed by atoms with Crippen LogP contribution in [0.3, 0.4) is 0 Å². The van der Waals surface area contributed by atoms with Gasteiger partial charge in [-0.05, 0) is 26.8 Å². The number of rotatable bonds is 10. The molecule has 3 nitrogen and oxygen atoms in total. The lowest BCUT2D eigenvalue weighted by Crippen LogP contribution is -2.34. The second-order valence-electron chi connectivity index (χ2n) is 4.29. The average Bonchev–Trinajstić information content (AvgIpc) is 2.18. The predicted octanol–water partition coefficient (Wildman–Crippen LogP) is 1.73. The minimum atomic E-state index is 0.655. The first-order valence-electron chi connectivity index (χ1n) is 6.11. The zero-order valence-corrected chi connectivity index (χ0v) is 10.9. The number of likely N-dealkylation sites (N-methyl/N-ethyl adjacent to an activating group) is 1. The third-order valence-electron chi connectivity index (χ3n) is 2.60. The maximum atomic E-state index is 5.02. The molecule has 15 heavy (non-hydrogen) atoms. The second-order valence-corrected chi connectivity index (χ2v) is 4.29. The van der Waals surface area contributed by atoms with Crippen molar-refractivity contribution in [3.05, 3.63) is 0 Å². The fraction of sp³-hybridized carbons (Fsp3) is 1.00. The van der Waals surface area contributed by atoms with Crippen LogP contribution in [0.15, 0.2) is 0 Å². The quantitative estimate of drug-likeness (QED) is 0.563. The van der Waals surface area contributed by atoms with Gasteiger partial charge < -0.3 is 15.0 Å². The molecule has 0 radical (unpaired) electrons. The van der Waals surface area contributed by atoms with Gasteiger partial charge in [-0.15, -0.1) is 0 Å². The highest BCUT2D eigenvalue weighted by Crippen LogP contribution is 1.94. The molecule has 0 aliphatic heterocycles. The van der Waals surface area contributed by atoms with Crippen molar-refractivity contribution in [1.29, 1.82) is 0 Å². The molecule has 0 aromatic carbocycles. The van der Waals surface area contributed by atoms with Crippen molar-refractivity contribution >= 4 is 0 Å². The van der Waals surface area contributed by atoms with E-state index in [4.69, 9.17) is 4.74 Å². The summed E-state index contributed by atoms with van der Waals surface area (Å²) in [6.45, 7) is 8.69. The molecule has 0 amide bonds. The highest BCUT2D eigenvalue weighted by molar-refractivity contribution is 4.61. The fourth-order valence-electron chi connectivity index (χ4n) is 1.63. The van der Waals surface area contributed by atoms with Gasteiger partial charge in [-0.25, -0.2) is 0 Å². The molecule has 0 aliphatic carbocycles. The summed E-state index contributed by atoms with van der Waals surface area (Å²) in [7, 11) is 3.93. The van der Waals surface area contributed by atoms with E-state index in [0.717, 1.165) is 32.7 Å². The van der Waals surface area contributed by atoms with Crippen LogP contribution in [0.5, 0.6) is 0 Å². The van der Waals surface area contributed by atoms with Crippen LogP contribution in [0.1, 0.15) is 33.1 Å². The Kier molecular flexibility index (Phi) is 10.3. The van der Waals surface area contributed by atoms with E-state index in [0.29, 0.717) is 6.04 Å². The van der Waals surface area contributed by atoms with Crippen LogP contribution in [0.4, 0.5) is 0 Å². The van der Waals surface area contributed by atoms with Crippen molar-refractivity contribution in [3.8, 4) is 0 Å². The topological polar surface area (TPSA) is 24.5 Å². The minimum absolute atomic E-state index is 0.655. The second kappa shape index (κ2) is 10.4. The first-order valence-corrected chi connectivity index (χ1v) is 6.11. The van der Waals surface area contributed by atoms with Crippen molar-refractivity contribution in [2.45, 2.75) is 39.2 Å². The van der Waals surface area contributed by atoms with Gasteiger partial charge >= 0.3 is 0 Å². The smallest absolute Gasteiger partial charge is 0.0474 e. The molecule has 0 heterocycles. The third kappa shape index (κ3) is 10.2. The Balaban J connectivity index is 3.26. The van der Waals surface area contributed by atoms with Gasteiger partial charge in [0.25, 0.3) is 0 Å². The molecule has 0 aromatic rings. The molecule has 1 atom stereocenters. The minimum Gasteiger partial charge on any atom is -0.385 e. The van der Waals surface area contributed by atoms with E-state index in [-0.39, 0.29) is 0 Å². The Morgan fingerprint density at radius 2 is 2.07 bits per heavy atom. The van der Waals surface area contributed by atoms with Gasteiger partial charge in [0.15, 0.2) is 0 Å². The van der Waals surface area contributed by atoms with E-state index in [1.807, 2.05) is 0 Å². The lowest BCUT2D eigenvalue weighted by atomic mass is 10.2. The van der Waals surface area contributed by atoms with Crippen LogP contribution in [-0.2, 0) is 4.74 Å². The maximum Gasteiger partial charge on any atom is 0.0474 e. The largest absolute Gasteiger partial charge is 0.385 e. The summed E-state index contributed by atoms with van der Waals surface area (Å²) in [5.41, 5.74) is 0. The fourth-order valence-corrected chi connectivity index (χ4v) is 1.63. The summed E-state index contributed by atoms with van der Waals surface area (Å²) in [6.07, 6.45) is 3.66. The SMILES string of the molecule is CCCC(C)NCCN(C)CCCOC. The lowest BCUT2D eigenvalue weighted by Gasteiger charge is -2.18. The highest BCUT2D eigenvalue weighted by Gasteiger charge is 2.01. The number of methoxy groups -OCH3 is 1. The zero-order valence-electron chi connectivity index (χ0n) is 10.9. The summed E-state index contributed by atoms with van der Waals surface area (Å²) in [5.74, 6) is 0. The zero-order chi connectivity index (χ0) is 11.5. The van der Waals surface area contributed by atoms with E-state index < -0.39 is 0 Å². The summed E-state index contributed by atoms with van der Waals surface area (Å²) >= 11 is 0. The van der Waals surface area contributed by atoms with E-state index in [1.54, 1.807) is 7.11 Å². The standard InChI is InChI=1S/C12H28N2O/c1-5-7-12(2)13-8-10-14(3)9-6-11-15-4/h12-13H,5-11H2,1-4H3. The van der Waals surface area contributed by atoms with Gasteiger partial charge in [0, 0.05) is 39.4 Å². The van der Waals surface area contributed by atoms with Gasteiger partial charge in [-0.3, -0.25) is 0 Å². The van der Waals surface area contributed by atoms with Gasteiger partial charge in [0.1, 0.15) is 0 Å². The summed E-state index contributed by atoms with van der Waals surface area (Å²) in [4.78, 5) is 2.35. The van der Waals surface area contributed by atoms with E-state index >= 15 is 0 Å². The summed E-state index contributed by atoms with van der Waals surface area (Å²) in [5, 5.41) is 3.53. The Morgan fingerprint density at radius 3 is 2.67 bits per heavy atom. The molecular formula is C12H28N2O. The molecule has 0 aliphatic rings. The van der Waals surface area contributed by atoms with Gasteiger partial charge in [0.05, 0.1) is 0 Å². The van der Waals surface area contributed by atoms with Crippen molar-refractivity contribution in [3.63, 3.8) is 0 Å². The van der Waals surface area contributed by atoms with Crippen LogP contribution in [-0.4, -0.2) is 51.3 Å². The number of hydrogen-bond acceptors (Lipinski definition) is 3. The Hall–Kier alpha value is -0.120. The van der Waals surface area contributed by atoms with E-state index in [2.05, 4.69) is 31.1 Å². The Morgan fingerprint density at radius 1 is 1.33 bits per heavy atom. The highest BCUT2D eigenvalue weighted by atomic mass is 16.5. The molecule has 1 unspecified atom stereocenters. The Labute approximate surface area is 95.2 Å². The van der Waals surface area contributed by atoms with Crippen molar-refractivity contribution < 1.29 is 4.74 Å². The summed E-state index contributed by atoms with van der Waals surface area (Å²) < 4.78 is 5.02. The number of ether oxygens (including phenoxy) is 1. The first kappa shape index (κ1) is 14.9. The lowest BCUT2D eigenvalue weighted by molar-refractivity contribution is 0.179. The first-order chi connectivity index (χ1) is 7.20. The molecule has 0 bridgehead atoms. The number of hydrogen-bond donors (Lipinski definition) is 1. The van der Waals surface area contributed by atoms with Crippen LogP contribution in [0.2, 0.25) is 0 Å². The normalized spacial score (nSPS) is 13.4. The number of nitrogens with zero attached hydrogens (tertiary/aromatic N) is 1. The van der Waals surface area contributed by atoms with Gasteiger partial charge in [-0.1, -0.05) is 13.3 Å². The molecule has 0 saturated carbocycles. The average molecular weight is 216 g/mol. The molecule has 0 fully saturated rings. The molecular weight excluding hydrogens is 188 g/mol. The van der Waals surface area contributed by atoms with Crippen LogP contribution >= 0.6 is 0 Å². The van der Waals surface area contributed by atoms with Crippen LogP contribution in [0, 0.1) is 0 Å². The molecule has 0 saturated heterocycles. The molecule has 0 aromatic heterocycles. The molecule has 0 spiro atoms. The van der Waals surface area contributed by atoms with Crippen LogP contribution in [0.25, 0.3) is 0 Å². The van der Waals surface area contributed by atoms with Crippen molar-refractivity contribution in [1.82, 2.24) is 10.2 Å². The van der Waals surface area contributed by atoms with E-state index in [9.17, 15) is 0 Å². The molecule has 1 N–H and O–H groups in total. The molecule has 0 rings (SSSR count). The molecule has 3 heteroatoms. The number of nitrogens with one attached hydrogen (secondary N) is 1.